The first-order valence-electron chi connectivity index (χ1n) is 9.41. The Hall–Kier alpha value is -3.36. The average molecular weight is 456 g/mol. The fourth-order valence-electron chi connectivity index (χ4n) is 3.36. The molecule has 0 saturated heterocycles. The minimum absolute atomic E-state index is 0.0463. The van der Waals surface area contributed by atoms with Gasteiger partial charge in [-0.2, -0.15) is 5.10 Å². The predicted molar refractivity (Wildman–Crippen MR) is 119 cm³/mol. The lowest BCUT2D eigenvalue weighted by molar-refractivity contribution is 0.0954. The van der Waals surface area contributed by atoms with E-state index in [1.165, 1.54) is 30.3 Å². The molecule has 0 spiro atoms. The van der Waals surface area contributed by atoms with Gasteiger partial charge < -0.3 is 5.11 Å². The third-order valence-corrected chi connectivity index (χ3v) is 6.59. The third-order valence-electron chi connectivity index (χ3n) is 4.86. The first-order chi connectivity index (χ1) is 14.8. The minimum Gasteiger partial charge on any atom is -0.507 e. The number of amides is 1. The minimum atomic E-state index is -3.86. The molecular weight excluding hydrogens is 438 g/mol. The number of phenolic OH excluding ortho intramolecular Hbond substituents is 1. The number of hydrogen-bond donors (Lipinski definition) is 3. The van der Waals surface area contributed by atoms with Crippen LogP contribution < -0.4 is 10.1 Å². The fourth-order valence-corrected chi connectivity index (χ4v) is 4.72. The summed E-state index contributed by atoms with van der Waals surface area (Å²) < 4.78 is 27.8. The number of nitrogens with zero attached hydrogens (tertiary/aromatic N) is 1. The first-order valence-corrected chi connectivity index (χ1v) is 11.3. The van der Waals surface area contributed by atoms with Crippen LogP contribution in [0.25, 0.3) is 0 Å². The number of rotatable bonds is 5. The van der Waals surface area contributed by atoms with Crippen molar-refractivity contribution in [3.63, 3.8) is 0 Å². The van der Waals surface area contributed by atoms with Crippen LogP contribution >= 0.6 is 11.6 Å². The summed E-state index contributed by atoms with van der Waals surface area (Å²) in [6, 6.07) is 17.2. The van der Waals surface area contributed by atoms with Crippen LogP contribution in [0.5, 0.6) is 5.75 Å². The van der Waals surface area contributed by atoms with Crippen LogP contribution in [0.3, 0.4) is 0 Å². The number of benzene rings is 3. The zero-order chi connectivity index (χ0) is 22.0. The molecule has 1 amide bonds. The van der Waals surface area contributed by atoms with Gasteiger partial charge in [0.2, 0.25) is 0 Å². The number of hydrazone groups is 1. The number of sulfonamides is 1. The Bertz CT molecular complexity index is 1290. The van der Waals surface area contributed by atoms with Gasteiger partial charge in [0.05, 0.1) is 10.6 Å². The van der Waals surface area contributed by atoms with Gasteiger partial charge in [0.25, 0.3) is 15.9 Å². The molecule has 0 aliphatic heterocycles. The number of halogens is 1. The number of nitrogens with one attached hydrogen (secondary N) is 2. The SMILES string of the molecule is O=C(N/N=C1\CCc2c(Cl)ccc(O)c21)c1cccc(S(=O)(=O)Nc2ccccc2)c1. The van der Waals surface area contributed by atoms with Crippen LogP contribution in [-0.2, 0) is 16.4 Å². The maximum atomic E-state index is 12.6. The standard InChI is InChI=1S/C22H18ClN3O4S/c23-18-10-12-20(27)21-17(18)9-11-19(21)24-25-22(28)14-5-4-8-16(13-14)31(29,30)26-15-6-2-1-3-7-15/h1-8,10,12-13,26-27H,9,11H2,(H,25,28)/b24-19+. The summed E-state index contributed by atoms with van der Waals surface area (Å²) in [6.45, 7) is 0. The van der Waals surface area contributed by atoms with Crippen LogP contribution in [0.4, 0.5) is 5.69 Å². The molecule has 0 bridgehead atoms. The van der Waals surface area contributed by atoms with Gasteiger partial charge in [-0.05, 0) is 60.9 Å². The van der Waals surface area contributed by atoms with Gasteiger partial charge in [0.1, 0.15) is 5.75 Å². The van der Waals surface area contributed by atoms with Gasteiger partial charge in [-0.25, -0.2) is 13.8 Å². The van der Waals surface area contributed by atoms with Crippen molar-refractivity contribution in [1.82, 2.24) is 5.43 Å². The topological polar surface area (TPSA) is 108 Å². The van der Waals surface area contributed by atoms with Crippen LogP contribution in [0.1, 0.15) is 27.9 Å². The Kier molecular flexibility index (Phi) is 5.67. The molecule has 0 heterocycles. The van der Waals surface area contributed by atoms with Crippen molar-refractivity contribution in [2.24, 2.45) is 5.10 Å². The molecule has 158 valence electrons. The van der Waals surface area contributed by atoms with Crippen molar-refractivity contribution >= 4 is 38.9 Å². The summed E-state index contributed by atoms with van der Waals surface area (Å²) in [5, 5.41) is 14.8. The number of fused-ring (bicyclic) bond motifs is 1. The highest BCUT2D eigenvalue weighted by atomic mass is 35.5. The van der Waals surface area contributed by atoms with Crippen molar-refractivity contribution in [1.29, 1.82) is 0 Å². The fraction of sp³-hybridized carbons (Fsp3) is 0.0909. The number of para-hydroxylation sites is 1. The van der Waals surface area contributed by atoms with E-state index in [0.29, 0.717) is 34.8 Å². The summed E-state index contributed by atoms with van der Waals surface area (Å²) in [5.41, 5.74) is 4.81. The highest BCUT2D eigenvalue weighted by Crippen LogP contribution is 2.35. The molecule has 4 rings (SSSR count). The van der Waals surface area contributed by atoms with E-state index < -0.39 is 15.9 Å². The van der Waals surface area contributed by atoms with E-state index in [1.807, 2.05) is 0 Å². The molecule has 1 aliphatic carbocycles. The lowest BCUT2D eigenvalue weighted by Gasteiger charge is -2.09. The molecule has 3 N–H and O–H groups in total. The Morgan fingerprint density at radius 2 is 1.77 bits per heavy atom. The molecule has 1 aliphatic rings. The number of carbonyl (C=O) groups is 1. The predicted octanol–water partition coefficient (Wildman–Crippen LogP) is 3.93. The van der Waals surface area contributed by atoms with E-state index in [9.17, 15) is 18.3 Å². The number of phenols is 1. The van der Waals surface area contributed by atoms with Crippen LogP contribution in [-0.4, -0.2) is 25.1 Å². The molecule has 9 heteroatoms. The molecular formula is C22H18ClN3O4S. The van der Waals surface area contributed by atoms with Crippen LogP contribution in [0.15, 0.2) is 76.7 Å². The van der Waals surface area contributed by atoms with Crippen molar-refractivity contribution in [3.8, 4) is 5.75 Å². The lowest BCUT2D eigenvalue weighted by atomic mass is 10.1. The molecule has 0 atom stereocenters. The number of carbonyl (C=O) groups excluding carboxylic acids is 1. The molecule has 0 saturated carbocycles. The maximum Gasteiger partial charge on any atom is 0.271 e. The summed E-state index contributed by atoms with van der Waals surface area (Å²) in [6.07, 6.45) is 1.12. The first kappa shape index (κ1) is 20.9. The summed E-state index contributed by atoms with van der Waals surface area (Å²) in [7, 11) is -3.86. The van der Waals surface area contributed by atoms with E-state index in [4.69, 9.17) is 11.6 Å². The summed E-state index contributed by atoms with van der Waals surface area (Å²) in [5.74, 6) is -0.524. The van der Waals surface area contributed by atoms with Crippen LogP contribution in [0.2, 0.25) is 5.02 Å². The van der Waals surface area contributed by atoms with E-state index >= 15 is 0 Å². The summed E-state index contributed by atoms with van der Waals surface area (Å²) in [4.78, 5) is 12.5. The lowest BCUT2D eigenvalue weighted by Crippen LogP contribution is -2.20. The van der Waals surface area contributed by atoms with Gasteiger partial charge in [0, 0.05) is 21.8 Å². The van der Waals surface area contributed by atoms with Crippen molar-refractivity contribution in [2.75, 3.05) is 4.72 Å². The summed E-state index contributed by atoms with van der Waals surface area (Å²) >= 11 is 6.17. The highest BCUT2D eigenvalue weighted by Gasteiger charge is 2.24. The number of hydrogen-bond acceptors (Lipinski definition) is 5. The quantitative estimate of drug-likeness (QED) is 0.506. The Morgan fingerprint density at radius 1 is 1.00 bits per heavy atom. The molecule has 7 nitrogen and oxygen atoms in total. The van der Waals surface area contributed by atoms with E-state index in [2.05, 4.69) is 15.2 Å². The molecule has 0 radical (unpaired) electrons. The van der Waals surface area contributed by atoms with Crippen molar-refractivity contribution < 1.29 is 18.3 Å². The van der Waals surface area contributed by atoms with E-state index in [-0.39, 0.29) is 16.2 Å². The van der Waals surface area contributed by atoms with Gasteiger partial charge in [0.15, 0.2) is 0 Å². The molecule has 0 aromatic heterocycles. The third kappa shape index (κ3) is 4.40. The molecule has 3 aromatic carbocycles. The normalized spacial score (nSPS) is 14.3. The largest absolute Gasteiger partial charge is 0.507 e. The Balaban J connectivity index is 1.54. The highest BCUT2D eigenvalue weighted by molar-refractivity contribution is 7.92. The van der Waals surface area contributed by atoms with E-state index in [0.717, 1.165) is 5.56 Å². The molecule has 0 unspecified atom stereocenters. The maximum absolute atomic E-state index is 12.6. The number of aromatic hydroxyl groups is 1. The average Bonchev–Trinajstić information content (AvgIpc) is 3.20. The second-order valence-corrected chi connectivity index (χ2v) is 9.01. The molecule has 0 fully saturated rings. The Morgan fingerprint density at radius 3 is 2.55 bits per heavy atom. The monoisotopic (exact) mass is 455 g/mol. The molecule has 31 heavy (non-hydrogen) atoms. The van der Waals surface area contributed by atoms with Crippen LogP contribution in [0, 0.1) is 0 Å². The second-order valence-electron chi connectivity index (χ2n) is 6.92. The van der Waals surface area contributed by atoms with Gasteiger partial charge >= 0.3 is 0 Å². The van der Waals surface area contributed by atoms with Crippen molar-refractivity contribution in [2.45, 2.75) is 17.7 Å². The number of anilines is 1. The second kappa shape index (κ2) is 8.41. The smallest absolute Gasteiger partial charge is 0.271 e. The van der Waals surface area contributed by atoms with Gasteiger partial charge in [-0.1, -0.05) is 35.9 Å². The zero-order valence-corrected chi connectivity index (χ0v) is 17.7. The zero-order valence-electron chi connectivity index (χ0n) is 16.2. The van der Waals surface area contributed by atoms with Crippen molar-refractivity contribution in [3.05, 3.63) is 88.4 Å². The Labute approximate surface area is 184 Å². The van der Waals surface area contributed by atoms with Gasteiger partial charge in [-0.15, -0.1) is 0 Å². The molecule has 3 aromatic rings. The van der Waals surface area contributed by atoms with Gasteiger partial charge in [-0.3, -0.25) is 9.52 Å². The van der Waals surface area contributed by atoms with E-state index in [1.54, 1.807) is 36.4 Å².